The number of aromatic amines is 2. The summed E-state index contributed by atoms with van der Waals surface area (Å²) >= 11 is 6.30. The molecule has 2 N–H and O–H groups in total. The molecule has 4 aromatic rings. The van der Waals surface area contributed by atoms with Gasteiger partial charge < -0.3 is 9.64 Å². The molecule has 0 bridgehead atoms. The van der Waals surface area contributed by atoms with Crippen molar-refractivity contribution in [3.63, 3.8) is 0 Å². The molecule has 0 spiro atoms. The third-order valence-electron chi connectivity index (χ3n) is 5.72. The van der Waals surface area contributed by atoms with Crippen molar-refractivity contribution in [2.75, 3.05) is 18.6 Å². The Hall–Kier alpha value is -5.14. The normalized spacial score (nSPS) is 11.0. The van der Waals surface area contributed by atoms with Crippen LogP contribution in [-0.4, -0.2) is 39.7 Å². The fraction of sp³-hybridized carbons (Fsp3) is 0.154. The number of H-pyrrole nitrogens is 2. The van der Waals surface area contributed by atoms with E-state index in [0.717, 1.165) is 6.20 Å². The molecule has 0 aliphatic carbocycles. The number of nitrogens with one attached hydrogen (secondary N) is 2. The number of ether oxygens (including phenoxy) is 1. The first-order valence-electron chi connectivity index (χ1n) is 11.4. The van der Waals surface area contributed by atoms with Gasteiger partial charge in [0, 0.05) is 41.4 Å². The van der Waals surface area contributed by atoms with E-state index in [1.165, 1.54) is 36.2 Å². The van der Waals surface area contributed by atoms with Gasteiger partial charge in [0.15, 0.2) is 0 Å². The van der Waals surface area contributed by atoms with Crippen molar-refractivity contribution in [2.45, 2.75) is 12.6 Å². The largest absolute Gasteiger partial charge is 0.491 e. The average molecular weight is 568 g/mol. The summed E-state index contributed by atoms with van der Waals surface area (Å²) in [5.41, 5.74) is -1.54. The molecule has 0 unspecified atom stereocenters. The minimum atomic E-state index is -4.75. The van der Waals surface area contributed by atoms with E-state index in [1.54, 1.807) is 18.2 Å². The lowest BCUT2D eigenvalue weighted by molar-refractivity contribution is -0.141. The number of nitriles is 2. The van der Waals surface area contributed by atoms with Crippen molar-refractivity contribution in [1.82, 2.24) is 20.2 Å². The molecule has 2 heterocycles. The Bertz CT molecular complexity index is 1740. The molecule has 4 rings (SSSR count). The van der Waals surface area contributed by atoms with E-state index in [0.29, 0.717) is 11.9 Å². The third kappa shape index (κ3) is 5.80. The highest BCUT2D eigenvalue weighted by molar-refractivity contribution is 6.33. The fourth-order valence-electron chi connectivity index (χ4n) is 3.83. The predicted octanol–water partition coefficient (Wildman–Crippen LogP) is 4.47. The molecule has 2 aromatic heterocycles. The number of pyridine rings is 1. The first-order chi connectivity index (χ1) is 19.0. The maximum atomic E-state index is 13.5. The molecule has 14 heteroatoms. The molecule has 0 fully saturated rings. The Morgan fingerprint density at radius 1 is 1.12 bits per heavy atom. The van der Waals surface area contributed by atoms with E-state index in [2.05, 4.69) is 20.2 Å². The lowest BCUT2D eigenvalue weighted by Gasteiger charge is -2.22. The third-order valence-corrected chi connectivity index (χ3v) is 6.05. The summed E-state index contributed by atoms with van der Waals surface area (Å²) in [5.74, 6) is -0.0308. The van der Waals surface area contributed by atoms with Gasteiger partial charge in [-0.2, -0.15) is 28.8 Å². The minimum Gasteiger partial charge on any atom is -0.491 e. The maximum absolute atomic E-state index is 13.5. The number of carbonyl (C=O) groups excluding carboxylic acids is 1. The number of rotatable bonds is 7. The number of aromatic nitrogens is 4. The number of halogens is 4. The lowest BCUT2D eigenvalue weighted by atomic mass is 9.99. The van der Waals surface area contributed by atoms with Crippen molar-refractivity contribution in [3.05, 3.63) is 92.4 Å². The van der Waals surface area contributed by atoms with Gasteiger partial charge in [-0.25, -0.2) is 9.89 Å². The highest BCUT2D eigenvalue weighted by atomic mass is 35.5. The summed E-state index contributed by atoms with van der Waals surface area (Å²) in [7, 11) is 1.42. The minimum absolute atomic E-state index is 0.00987. The van der Waals surface area contributed by atoms with Crippen LogP contribution in [0.15, 0.2) is 53.5 Å². The fourth-order valence-corrected chi connectivity index (χ4v) is 4.05. The van der Waals surface area contributed by atoms with E-state index in [-0.39, 0.29) is 57.3 Å². The Balaban J connectivity index is 1.67. The first-order valence-corrected chi connectivity index (χ1v) is 11.8. The van der Waals surface area contributed by atoms with Crippen molar-refractivity contribution in [3.8, 4) is 29.0 Å². The summed E-state index contributed by atoms with van der Waals surface area (Å²) in [6, 6.07) is 13.1. The molecule has 40 heavy (non-hydrogen) atoms. The highest BCUT2D eigenvalue weighted by Gasteiger charge is 2.33. The van der Waals surface area contributed by atoms with Gasteiger partial charge in [-0.05, 0) is 36.4 Å². The van der Waals surface area contributed by atoms with Crippen LogP contribution >= 0.6 is 11.6 Å². The number of para-hydroxylation sites is 1. The van der Waals surface area contributed by atoms with Crippen LogP contribution in [0.1, 0.15) is 33.0 Å². The van der Waals surface area contributed by atoms with Gasteiger partial charge in [0.1, 0.15) is 29.0 Å². The number of anilines is 1. The number of hydrogen-bond donors (Lipinski definition) is 2. The smallest absolute Gasteiger partial charge is 0.433 e. The first kappa shape index (κ1) is 27.9. The summed E-state index contributed by atoms with van der Waals surface area (Å²) < 4.78 is 45.1. The number of alkyl halides is 3. The van der Waals surface area contributed by atoms with Gasteiger partial charge in [-0.1, -0.05) is 17.7 Å². The highest BCUT2D eigenvalue weighted by Crippen LogP contribution is 2.36. The number of nitrogens with zero attached hydrogens (tertiary/aromatic N) is 5. The molecule has 10 nitrogen and oxygen atoms in total. The van der Waals surface area contributed by atoms with Crippen molar-refractivity contribution in [2.24, 2.45) is 0 Å². The standard InChI is InChI=1S/C26H17ClF3N7O3/c1-37(23-15(11-31)3-2-4-20(23)40-8-7-22-34-25(39)36-35-22)24(38)14-5-6-19(27)17(9-14)18-13-33-21(26(28,29)30)10-16(18)12-32/h2-6,9-10,13H,7-8H2,1H3,(H2,34,35,36,39). The van der Waals surface area contributed by atoms with Crippen LogP contribution in [0.3, 0.4) is 0 Å². The Kier molecular flexibility index (Phi) is 7.88. The van der Waals surface area contributed by atoms with E-state index in [9.17, 15) is 33.3 Å². The zero-order valence-electron chi connectivity index (χ0n) is 20.5. The quantitative estimate of drug-likeness (QED) is 0.334. The van der Waals surface area contributed by atoms with Crippen LogP contribution in [0.2, 0.25) is 5.02 Å². The molecule has 0 aliphatic heterocycles. The molecule has 0 atom stereocenters. The lowest BCUT2D eigenvalue weighted by Crippen LogP contribution is -2.27. The number of amides is 1. The van der Waals surface area contributed by atoms with Crippen molar-refractivity contribution >= 4 is 23.2 Å². The number of benzene rings is 2. The van der Waals surface area contributed by atoms with E-state index < -0.39 is 23.5 Å². The second-order valence-electron chi connectivity index (χ2n) is 8.27. The van der Waals surface area contributed by atoms with Gasteiger partial charge >= 0.3 is 11.9 Å². The average Bonchev–Trinajstić information content (AvgIpc) is 3.36. The van der Waals surface area contributed by atoms with Gasteiger partial charge in [-0.3, -0.25) is 14.8 Å². The molecular weight excluding hydrogens is 551 g/mol. The van der Waals surface area contributed by atoms with Crippen LogP contribution in [0.5, 0.6) is 5.75 Å². The van der Waals surface area contributed by atoms with Crippen LogP contribution < -0.4 is 15.3 Å². The number of carbonyl (C=O) groups is 1. The van der Waals surface area contributed by atoms with Gasteiger partial charge in [0.05, 0.1) is 23.8 Å². The topological polar surface area (TPSA) is 152 Å². The molecule has 0 saturated carbocycles. The SMILES string of the molecule is CN(C(=O)c1ccc(Cl)c(-c2cnc(C(F)(F)F)cc2C#N)c1)c1c(C#N)cccc1OCCc1n[nH]c(=O)[nH]1. The summed E-state index contributed by atoms with van der Waals surface area (Å²) in [6.07, 6.45) is -3.64. The van der Waals surface area contributed by atoms with E-state index >= 15 is 0 Å². The Morgan fingerprint density at radius 3 is 2.52 bits per heavy atom. The van der Waals surface area contributed by atoms with Crippen LogP contribution in [0.4, 0.5) is 18.9 Å². The second kappa shape index (κ2) is 11.3. The van der Waals surface area contributed by atoms with Gasteiger partial charge in [-0.15, -0.1) is 0 Å². The number of hydrogen-bond acceptors (Lipinski definition) is 7. The zero-order chi connectivity index (χ0) is 29.0. The van der Waals surface area contributed by atoms with Crippen LogP contribution in [0.25, 0.3) is 11.1 Å². The van der Waals surface area contributed by atoms with E-state index in [1.807, 2.05) is 6.07 Å². The monoisotopic (exact) mass is 567 g/mol. The Labute approximate surface area is 229 Å². The molecule has 0 aliphatic rings. The van der Waals surface area contributed by atoms with Gasteiger partial charge in [0.2, 0.25) is 0 Å². The van der Waals surface area contributed by atoms with Crippen molar-refractivity contribution in [1.29, 1.82) is 10.5 Å². The Morgan fingerprint density at radius 2 is 1.88 bits per heavy atom. The summed E-state index contributed by atoms with van der Waals surface area (Å²) in [6.45, 7) is 0.0632. The van der Waals surface area contributed by atoms with Crippen LogP contribution in [-0.2, 0) is 12.6 Å². The van der Waals surface area contributed by atoms with Gasteiger partial charge in [0.25, 0.3) is 5.91 Å². The molecular formula is C26H17ClF3N7O3. The molecule has 0 radical (unpaired) electrons. The molecule has 2 aromatic carbocycles. The summed E-state index contributed by atoms with van der Waals surface area (Å²) in [5, 5.41) is 25.3. The zero-order valence-corrected chi connectivity index (χ0v) is 21.3. The predicted molar refractivity (Wildman–Crippen MR) is 137 cm³/mol. The van der Waals surface area contributed by atoms with Crippen molar-refractivity contribution < 1.29 is 22.7 Å². The summed E-state index contributed by atoms with van der Waals surface area (Å²) in [4.78, 5) is 31.8. The molecule has 202 valence electrons. The van der Waals surface area contributed by atoms with Crippen LogP contribution in [0, 0.1) is 22.7 Å². The van der Waals surface area contributed by atoms with E-state index in [4.69, 9.17) is 16.3 Å². The maximum Gasteiger partial charge on any atom is 0.433 e. The molecule has 1 amide bonds. The second-order valence-corrected chi connectivity index (χ2v) is 8.68. The molecule has 0 saturated heterocycles.